The van der Waals surface area contributed by atoms with Gasteiger partial charge in [0.2, 0.25) is 0 Å². The molecular weight excluding hydrogens is 343 g/mol. The Morgan fingerprint density at radius 3 is 2.42 bits per heavy atom. The van der Waals surface area contributed by atoms with Gasteiger partial charge in [0.05, 0.1) is 16.9 Å². The molecule has 0 amide bonds. The summed E-state index contributed by atoms with van der Waals surface area (Å²) in [5.41, 5.74) is 9.89. The number of imidazole rings is 1. The third kappa shape index (κ3) is 2.68. The van der Waals surface area contributed by atoms with E-state index in [1.54, 1.807) is 0 Å². The first-order chi connectivity index (χ1) is 11.3. The molecular formula is C18H16Cl2N4. The minimum atomic E-state index is 0. The zero-order valence-corrected chi connectivity index (χ0v) is 14.4. The van der Waals surface area contributed by atoms with Crippen molar-refractivity contribution < 1.29 is 0 Å². The van der Waals surface area contributed by atoms with Crippen molar-refractivity contribution in [3.05, 3.63) is 66.0 Å². The van der Waals surface area contributed by atoms with Gasteiger partial charge in [-0.2, -0.15) is 0 Å². The van der Waals surface area contributed by atoms with Gasteiger partial charge >= 0.3 is 0 Å². The topological polar surface area (TPSA) is 56.7 Å². The van der Waals surface area contributed by atoms with Crippen LogP contribution >= 0.6 is 24.0 Å². The Morgan fingerprint density at radius 1 is 0.958 bits per heavy atom. The molecule has 0 aliphatic heterocycles. The second-order valence-corrected chi connectivity index (χ2v) is 5.71. The SMILES string of the molecule is Cl.Nc1nc2ccccc2c2c1nc(CCl)n2Cc1ccccc1. The number of nitrogen functional groups attached to an aromatic ring is 1. The standard InChI is InChI=1S/C18H15ClN4.ClH/c19-10-15-22-16-17(23(15)11-12-6-2-1-3-7-12)13-8-4-5-9-14(13)21-18(16)20;/h1-9H,10-11H2,(H2,20,21);1H. The van der Waals surface area contributed by atoms with Crippen molar-refractivity contribution in [2.45, 2.75) is 12.4 Å². The lowest BCUT2D eigenvalue weighted by Gasteiger charge is -2.10. The van der Waals surface area contributed by atoms with Gasteiger partial charge in [-0.1, -0.05) is 48.5 Å². The molecule has 2 N–H and O–H groups in total. The highest BCUT2D eigenvalue weighted by Gasteiger charge is 2.16. The monoisotopic (exact) mass is 358 g/mol. The molecule has 24 heavy (non-hydrogen) atoms. The first-order valence-electron chi connectivity index (χ1n) is 7.41. The van der Waals surface area contributed by atoms with E-state index in [2.05, 4.69) is 26.7 Å². The zero-order valence-electron chi connectivity index (χ0n) is 12.8. The van der Waals surface area contributed by atoms with Crippen LogP contribution in [0, 0.1) is 0 Å². The molecule has 0 aliphatic rings. The Morgan fingerprint density at radius 2 is 1.67 bits per heavy atom. The van der Waals surface area contributed by atoms with Crippen molar-refractivity contribution in [2.75, 3.05) is 5.73 Å². The van der Waals surface area contributed by atoms with E-state index in [0.29, 0.717) is 18.2 Å². The molecule has 6 heteroatoms. The van der Waals surface area contributed by atoms with Crippen LogP contribution in [-0.4, -0.2) is 14.5 Å². The minimum absolute atomic E-state index is 0. The number of fused-ring (bicyclic) bond motifs is 3. The van der Waals surface area contributed by atoms with Crippen LogP contribution in [0.5, 0.6) is 0 Å². The fraction of sp³-hybridized carbons (Fsp3) is 0.111. The van der Waals surface area contributed by atoms with Gasteiger partial charge in [-0.3, -0.25) is 0 Å². The number of nitrogens with two attached hydrogens (primary N) is 1. The third-order valence-electron chi connectivity index (χ3n) is 3.99. The lowest BCUT2D eigenvalue weighted by atomic mass is 10.1. The van der Waals surface area contributed by atoms with Gasteiger partial charge in [-0.15, -0.1) is 24.0 Å². The number of nitrogens with zero attached hydrogens (tertiary/aromatic N) is 3. The Kier molecular flexibility index (Phi) is 4.60. The number of alkyl halides is 1. The summed E-state index contributed by atoms with van der Waals surface area (Å²) in [4.78, 5) is 9.08. The second kappa shape index (κ2) is 6.67. The average molecular weight is 359 g/mol. The maximum atomic E-state index is 6.13. The number of para-hydroxylation sites is 1. The van der Waals surface area contributed by atoms with Crippen LogP contribution in [0.25, 0.3) is 21.9 Å². The molecule has 4 nitrogen and oxygen atoms in total. The van der Waals surface area contributed by atoms with Gasteiger partial charge in [0.15, 0.2) is 5.82 Å². The molecule has 0 spiro atoms. The molecule has 2 aromatic heterocycles. The van der Waals surface area contributed by atoms with Crippen LogP contribution in [0.4, 0.5) is 5.82 Å². The highest BCUT2D eigenvalue weighted by atomic mass is 35.5. The number of benzene rings is 2. The molecule has 0 aliphatic carbocycles. The largest absolute Gasteiger partial charge is 0.382 e. The van der Waals surface area contributed by atoms with E-state index in [0.717, 1.165) is 27.8 Å². The van der Waals surface area contributed by atoms with Gasteiger partial charge < -0.3 is 10.3 Å². The summed E-state index contributed by atoms with van der Waals surface area (Å²) in [6.45, 7) is 0.701. The Bertz CT molecular complexity index is 996. The molecule has 0 bridgehead atoms. The molecule has 0 atom stereocenters. The fourth-order valence-corrected chi connectivity index (χ4v) is 3.15. The van der Waals surface area contributed by atoms with E-state index in [4.69, 9.17) is 17.3 Å². The fourth-order valence-electron chi connectivity index (χ4n) is 2.94. The average Bonchev–Trinajstić information content (AvgIpc) is 2.95. The maximum Gasteiger partial charge on any atom is 0.152 e. The molecule has 0 radical (unpaired) electrons. The number of aromatic nitrogens is 3. The summed E-state index contributed by atoms with van der Waals surface area (Å²) >= 11 is 6.13. The van der Waals surface area contributed by atoms with Crippen molar-refractivity contribution >= 4 is 51.8 Å². The van der Waals surface area contributed by atoms with Crippen LogP contribution in [0.1, 0.15) is 11.4 Å². The lowest BCUT2D eigenvalue weighted by Crippen LogP contribution is -2.04. The van der Waals surface area contributed by atoms with Gasteiger partial charge in [0, 0.05) is 11.9 Å². The van der Waals surface area contributed by atoms with Crippen molar-refractivity contribution in [1.29, 1.82) is 0 Å². The maximum absolute atomic E-state index is 6.13. The molecule has 0 unspecified atom stereocenters. The van der Waals surface area contributed by atoms with E-state index in [-0.39, 0.29) is 12.4 Å². The van der Waals surface area contributed by atoms with Crippen LogP contribution in [-0.2, 0) is 12.4 Å². The number of halogens is 2. The number of hydrogen-bond acceptors (Lipinski definition) is 3. The number of anilines is 1. The Labute approximate surface area is 150 Å². The predicted octanol–water partition coefficient (Wildman–Crippen LogP) is 4.38. The summed E-state index contributed by atoms with van der Waals surface area (Å²) < 4.78 is 2.14. The van der Waals surface area contributed by atoms with E-state index in [1.807, 2.05) is 42.5 Å². The predicted molar refractivity (Wildman–Crippen MR) is 102 cm³/mol. The zero-order chi connectivity index (χ0) is 15.8. The summed E-state index contributed by atoms with van der Waals surface area (Å²) in [5, 5.41) is 1.04. The summed E-state index contributed by atoms with van der Waals surface area (Å²) in [5.74, 6) is 1.57. The van der Waals surface area contributed by atoms with Crippen LogP contribution in [0.2, 0.25) is 0 Å². The number of hydrogen-bond donors (Lipinski definition) is 1. The minimum Gasteiger partial charge on any atom is -0.382 e. The Hall–Kier alpha value is -2.30. The van der Waals surface area contributed by atoms with Gasteiger partial charge in [0.25, 0.3) is 0 Å². The van der Waals surface area contributed by atoms with Gasteiger partial charge in [-0.25, -0.2) is 9.97 Å². The van der Waals surface area contributed by atoms with Gasteiger partial charge in [-0.05, 0) is 11.6 Å². The number of pyridine rings is 1. The molecule has 0 fully saturated rings. The van der Waals surface area contributed by atoms with E-state index < -0.39 is 0 Å². The third-order valence-corrected chi connectivity index (χ3v) is 4.23. The molecule has 2 aromatic carbocycles. The first-order valence-corrected chi connectivity index (χ1v) is 7.94. The van der Waals surface area contributed by atoms with Crippen molar-refractivity contribution in [1.82, 2.24) is 14.5 Å². The first kappa shape index (κ1) is 16.6. The summed E-state index contributed by atoms with van der Waals surface area (Å²) in [6.07, 6.45) is 0. The summed E-state index contributed by atoms with van der Waals surface area (Å²) in [6, 6.07) is 18.2. The van der Waals surface area contributed by atoms with Crippen molar-refractivity contribution in [3.63, 3.8) is 0 Å². The van der Waals surface area contributed by atoms with Crippen LogP contribution in [0.3, 0.4) is 0 Å². The molecule has 0 saturated heterocycles. The second-order valence-electron chi connectivity index (χ2n) is 5.44. The molecule has 4 aromatic rings. The Balaban J connectivity index is 0.00000169. The van der Waals surface area contributed by atoms with E-state index in [9.17, 15) is 0 Å². The van der Waals surface area contributed by atoms with Crippen molar-refractivity contribution in [3.8, 4) is 0 Å². The highest BCUT2D eigenvalue weighted by molar-refractivity contribution is 6.17. The summed E-state index contributed by atoms with van der Waals surface area (Å²) in [7, 11) is 0. The van der Waals surface area contributed by atoms with Crippen LogP contribution < -0.4 is 5.73 Å². The molecule has 0 saturated carbocycles. The van der Waals surface area contributed by atoms with Crippen LogP contribution in [0.15, 0.2) is 54.6 Å². The quantitative estimate of drug-likeness (QED) is 0.553. The molecule has 2 heterocycles. The van der Waals surface area contributed by atoms with Gasteiger partial charge in [0.1, 0.15) is 11.3 Å². The molecule has 122 valence electrons. The normalized spacial score (nSPS) is 10.9. The highest BCUT2D eigenvalue weighted by Crippen LogP contribution is 2.29. The smallest absolute Gasteiger partial charge is 0.152 e. The van der Waals surface area contributed by atoms with E-state index >= 15 is 0 Å². The van der Waals surface area contributed by atoms with E-state index in [1.165, 1.54) is 5.56 Å². The molecule has 4 rings (SSSR count). The number of rotatable bonds is 3. The lowest BCUT2D eigenvalue weighted by molar-refractivity contribution is 0.780. The van der Waals surface area contributed by atoms with Crippen molar-refractivity contribution in [2.24, 2.45) is 0 Å².